The van der Waals surface area contributed by atoms with E-state index < -0.39 is 11.2 Å². The summed E-state index contributed by atoms with van der Waals surface area (Å²) in [6.45, 7) is 0.344. The Labute approximate surface area is 136 Å². The Morgan fingerprint density at radius 3 is 2.19 bits per heavy atom. The zero-order valence-corrected chi connectivity index (χ0v) is 18.1. The summed E-state index contributed by atoms with van der Waals surface area (Å²) in [6, 6.07) is 0. The SMILES string of the molecule is COC([CH2][Hg])Cn1c(=O)n(C)c2c(=O)n(C)c(=O)n(C)c21. The monoisotopic (exact) mass is 483 g/mol. The number of methoxy groups -OCH3 is 1. The van der Waals surface area contributed by atoms with Crippen molar-refractivity contribution >= 4 is 11.2 Å². The van der Waals surface area contributed by atoms with Gasteiger partial charge in [0.05, 0.1) is 0 Å². The van der Waals surface area contributed by atoms with Crippen LogP contribution in [0.1, 0.15) is 0 Å². The molecule has 0 aliphatic rings. The molecule has 0 radical (unpaired) electrons. The molecule has 0 amide bonds. The molecular formula is C12H17HgN4O4. The Balaban J connectivity index is 2.91. The number of hydrogen-bond acceptors (Lipinski definition) is 4. The standard InChI is InChI=1S/C12H17N4O4.Hg/c1-7(20-5)6-16-9-8(13(2)12(16)19)10(17)15(4)11(18)14(9)3;/h7H,1,6H2,2-5H3;. The van der Waals surface area contributed by atoms with E-state index in [1.807, 2.05) is 0 Å². The van der Waals surface area contributed by atoms with Gasteiger partial charge in [-0.3, -0.25) is 0 Å². The van der Waals surface area contributed by atoms with Gasteiger partial charge in [0.15, 0.2) is 0 Å². The van der Waals surface area contributed by atoms with E-state index in [1.54, 1.807) is 21.2 Å². The van der Waals surface area contributed by atoms with E-state index in [0.717, 1.165) is 8.50 Å². The van der Waals surface area contributed by atoms with Gasteiger partial charge in [-0.25, -0.2) is 0 Å². The third-order valence-electron chi connectivity index (χ3n) is 3.76. The Morgan fingerprint density at radius 2 is 1.67 bits per heavy atom. The predicted molar refractivity (Wildman–Crippen MR) is 73.3 cm³/mol. The Morgan fingerprint density at radius 1 is 1.05 bits per heavy atom. The Bertz CT molecular complexity index is 853. The predicted octanol–water partition coefficient (Wildman–Crippen LogP) is -1.28. The molecule has 111 valence electrons. The van der Waals surface area contributed by atoms with Crippen molar-refractivity contribution in [3.05, 3.63) is 31.3 Å². The summed E-state index contributed by atoms with van der Waals surface area (Å²) in [5, 5.41) is 0. The zero-order valence-electron chi connectivity index (χ0n) is 12.6. The topological polar surface area (TPSA) is 80.2 Å². The van der Waals surface area contributed by atoms with Crippen molar-refractivity contribution in [1.29, 1.82) is 0 Å². The molecule has 1 unspecified atom stereocenters. The number of hydrogen-bond donors (Lipinski definition) is 0. The quantitative estimate of drug-likeness (QED) is 0.509. The van der Waals surface area contributed by atoms with Crippen molar-refractivity contribution < 1.29 is 30.9 Å². The van der Waals surface area contributed by atoms with E-state index in [-0.39, 0.29) is 17.3 Å². The third kappa shape index (κ3) is 2.44. The molecule has 2 rings (SSSR count). The van der Waals surface area contributed by atoms with Crippen molar-refractivity contribution in [2.24, 2.45) is 21.1 Å². The van der Waals surface area contributed by atoms with Crippen LogP contribution in [0.5, 0.6) is 0 Å². The Hall–Kier alpha value is -1.15. The number of nitrogens with zero attached hydrogens (tertiary/aromatic N) is 4. The fraction of sp³-hybridized carbons (Fsp3) is 0.583. The maximum atomic E-state index is 12.4. The molecule has 0 bridgehead atoms. The minimum atomic E-state index is -0.463. The summed E-state index contributed by atoms with van der Waals surface area (Å²) < 4.78 is 11.4. The van der Waals surface area contributed by atoms with Crippen LogP contribution in [0.2, 0.25) is 3.93 Å². The molecule has 2 heterocycles. The van der Waals surface area contributed by atoms with E-state index >= 15 is 0 Å². The average Bonchev–Trinajstić information content (AvgIpc) is 2.73. The molecule has 9 heteroatoms. The van der Waals surface area contributed by atoms with Gasteiger partial charge < -0.3 is 0 Å². The van der Waals surface area contributed by atoms with E-state index in [0.29, 0.717) is 38.3 Å². The van der Waals surface area contributed by atoms with Crippen LogP contribution in [0.3, 0.4) is 0 Å². The summed E-state index contributed by atoms with van der Waals surface area (Å²) in [4.78, 5) is 36.8. The minimum absolute atomic E-state index is 0.0733. The van der Waals surface area contributed by atoms with Crippen LogP contribution >= 0.6 is 0 Å². The van der Waals surface area contributed by atoms with Crippen LogP contribution in [0.25, 0.3) is 11.2 Å². The molecule has 0 aliphatic heterocycles. The van der Waals surface area contributed by atoms with E-state index in [9.17, 15) is 14.4 Å². The van der Waals surface area contributed by atoms with Crippen LogP contribution < -0.4 is 16.9 Å². The molecule has 2 aromatic heterocycles. The van der Waals surface area contributed by atoms with Crippen molar-refractivity contribution in [2.45, 2.75) is 16.6 Å². The van der Waals surface area contributed by atoms with Gasteiger partial charge in [-0.15, -0.1) is 0 Å². The number of rotatable bonds is 4. The van der Waals surface area contributed by atoms with Crippen LogP contribution in [0.4, 0.5) is 0 Å². The molecule has 0 N–H and O–H groups in total. The van der Waals surface area contributed by atoms with Crippen molar-refractivity contribution in [2.75, 3.05) is 7.11 Å². The second kappa shape index (κ2) is 5.92. The van der Waals surface area contributed by atoms with Gasteiger partial charge in [0.25, 0.3) is 0 Å². The van der Waals surface area contributed by atoms with E-state index in [2.05, 4.69) is 0 Å². The van der Waals surface area contributed by atoms with Gasteiger partial charge in [-0.2, -0.15) is 0 Å². The molecule has 0 fully saturated rings. The summed E-state index contributed by atoms with van der Waals surface area (Å²) in [7, 11) is 6.11. The molecule has 0 spiro atoms. The number of aryl methyl sites for hydroxylation is 2. The molecule has 0 aliphatic carbocycles. The first-order chi connectivity index (χ1) is 9.84. The number of imidazole rings is 1. The number of fused-ring (bicyclic) bond motifs is 1. The summed E-state index contributed by atoms with van der Waals surface area (Å²) >= 11 is 0.537. The van der Waals surface area contributed by atoms with Crippen LogP contribution in [0.15, 0.2) is 14.4 Å². The van der Waals surface area contributed by atoms with E-state index in [4.69, 9.17) is 4.74 Å². The van der Waals surface area contributed by atoms with Gasteiger partial charge in [-0.05, 0) is 0 Å². The molecule has 2 aromatic rings. The van der Waals surface area contributed by atoms with E-state index in [1.165, 1.54) is 20.7 Å². The summed E-state index contributed by atoms with van der Waals surface area (Å²) in [5.74, 6) is 0. The first kappa shape index (κ1) is 16.2. The van der Waals surface area contributed by atoms with Crippen molar-refractivity contribution in [1.82, 2.24) is 18.3 Å². The molecule has 8 nitrogen and oxygen atoms in total. The molecule has 0 saturated heterocycles. The number of aromatic nitrogens is 4. The summed E-state index contributed by atoms with van der Waals surface area (Å²) in [5.41, 5.74) is -0.644. The fourth-order valence-corrected chi connectivity index (χ4v) is 4.06. The average molecular weight is 482 g/mol. The molecule has 0 aromatic carbocycles. The first-order valence-electron chi connectivity index (χ1n) is 6.52. The van der Waals surface area contributed by atoms with Gasteiger partial charge in [0.2, 0.25) is 0 Å². The molecular weight excluding hydrogens is 465 g/mol. The summed E-state index contributed by atoms with van der Waals surface area (Å²) in [6.07, 6.45) is -0.0733. The Kier molecular flexibility index (Phi) is 4.57. The van der Waals surface area contributed by atoms with Crippen LogP contribution in [0, 0.1) is 0 Å². The van der Waals surface area contributed by atoms with Crippen LogP contribution in [-0.4, -0.2) is 31.5 Å². The van der Waals surface area contributed by atoms with Gasteiger partial charge in [0.1, 0.15) is 0 Å². The fourth-order valence-electron chi connectivity index (χ4n) is 2.44. The molecule has 1 atom stereocenters. The van der Waals surface area contributed by atoms with Gasteiger partial charge in [0, 0.05) is 0 Å². The maximum absolute atomic E-state index is 12.4. The van der Waals surface area contributed by atoms with Crippen molar-refractivity contribution in [3.63, 3.8) is 0 Å². The van der Waals surface area contributed by atoms with Gasteiger partial charge >= 0.3 is 136 Å². The molecule has 21 heavy (non-hydrogen) atoms. The van der Waals surface area contributed by atoms with Gasteiger partial charge in [-0.1, -0.05) is 0 Å². The third-order valence-corrected chi connectivity index (χ3v) is 6.26. The van der Waals surface area contributed by atoms with Crippen molar-refractivity contribution in [3.8, 4) is 0 Å². The number of ether oxygens (including phenoxy) is 1. The molecule has 0 saturated carbocycles. The zero-order chi connectivity index (χ0) is 15.9. The first-order valence-corrected chi connectivity index (χ1v) is 10.4. The second-order valence-corrected chi connectivity index (χ2v) is 7.22. The second-order valence-electron chi connectivity index (χ2n) is 4.98. The van der Waals surface area contributed by atoms with Crippen LogP contribution in [-0.2, 0) is 58.5 Å². The normalized spacial score (nSPS) is 13.0.